The second-order valence-corrected chi connectivity index (χ2v) is 5.55. The second-order valence-electron chi connectivity index (χ2n) is 3.82. The summed E-state index contributed by atoms with van der Waals surface area (Å²) in [6.07, 6.45) is 2.04. The van der Waals surface area contributed by atoms with Crippen molar-refractivity contribution in [3.63, 3.8) is 0 Å². The Kier molecular flexibility index (Phi) is 5.07. The van der Waals surface area contributed by atoms with Gasteiger partial charge >= 0.3 is 0 Å². The quantitative estimate of drug-likeness (QED) is 0.624. The predicted molar refractivity (Wildman–Crippen MR) is 89.5 cm³/mol. The molecule has 0 saturated heterocycles. The zero-order valence-electron chi connectivity index (χ0n) is 10.3. The van der Waals surface area contributed by atoms with Gasteiger partial charge in [0.1, 0.15) is 0 Å². The normalized spacial score (nSPS) is 10.0. The molecular weight excluding hydrogens is 296 g/mol. The smallest absolute Gasteiger partial charge is 0.175 e. The van der Waals surface area contributed by atoms with Gasteiger partial charge in [-0.25, -0.2) is 0 Å². The van der Waals surface area contributed by atoms with Crippen molar-refractivity contribution in [1.29, 1.82) is 0 Å². The van der Waals surface area contributed by atoms with Crippen LogP contribution in [0, 0.1) is 0 Å². The molecule has 2 rings (SSSR count). The zero-order valence-corrected chi connectivity index (χ0v) is 12.7. The second kappa shape index (κ2) is 6.80. The molecule has 0 aliphatic heterocycles. The van der Waals surface area contributed by atoms with E-state index in [0.29, 0.717) is 10.1 Å². The highest BCUT2D eigenvalue weighted by atomic mass is 35.5. The van der Waals surface area contributed by atoms with Crippen LogP contribution in [0.1, 0.15) is 0 Å². The Balaban J connectivity index is 2.01. The Hall–Kier alpha value is -1.23. The van der Waals surface area contributed by atoms with Gasteiger partial charge in [-0.05, 0) is 54.9 Å². The lowest BCUT2D eigenvalue weighted by Gasteiger charge is -2.11. The summed E-state index contributed by atoms with van der Waals surface area (Å²) in [7, 11) is 0. The minimum Gasteiger partial charge on any atom is -0.332 e. The van der Waals surface area contributed by atoms with E-state index in [1.807, 2.05) is 42.7 Å². The molecule has 0 unspecified atom stereocenters. The molecular formula is C14H13ClN2S2. The third-order valence-electron chi connectivity index (χ3n) is 2.41. The van der Waals surface area contributed by atoms with Crippen molar-refractivity contribution >= 4 is 52.1 Å². The molecule has 2 N–H and O–H groups in total. The molecule has 2 nitrogen and oxygen atoms in total. The first-order valence-electron chi connectivity index (χ1n) is 5.65. The first-order chi connectivity index (χ1) is 9.17. The summed E-state index contributed by atoms with van der Waals surface area (Å²) in [5.41, 5.74) is 1.83. The van der Waals surface area contributed by atoms with Crippen molar-refractivity contribution in [1.82, 2.24) is 0 Å². The first kappa shape index (κ1) is 14.2. The van der Waals surface area contributed by atoms with E-state index >= 15 is 0 Å². The van der Waals surface area contributed by atoms with Gasteiger partial charge in [-0.3, -0.25) is 0 Å². The summed E-state index contributed by atoms with van der Waals surface area (Å²) < 4.78 is 0. The highest BCUT2D eigenvalue weighted by Gasteiger charge is 2.00. The number of hydrogen-bond donors (Lipinski definition) is 2. The van der Waals surface area contributed by atoms with Crippen molar-refractivity contribution in [3.05, 3.63) is 53.6 Å². The Morgan fingerprint density at radius 2 is 1.68 bits per heavy atom. The monoisotopic (exact) mass is 308 g/mol. The molecule has 0 fully saturated rings. The van der Waals surface area contributed by atoms with Crippen LogP contribution in [0.25, 0.3) is 0 Å². The van der Waals surface area contributed by atoms with Crippen LogP contribution >= 0.6 is 35.6 Å². The van der Waals surface area contributed by atoms with Crippen LogP contribution in [0.5, 0.6) is 0 Å². The van der Waals surface area contributed by atoms with Gasteiger partial charge in [0, 0.05) is 21.3 Å². The molecule has 0 atom stereocenters. The number of hydrogen-bond acceptors (Lipinski definition) is 2. The van der Waals surface area contributed by atoms with E-state index in [4.69, 9.17) is 23.8 Å². The molecule has 0 saturated carbocycles. The van der Waals surface area contributed by atoms with E-state index in [-0.39, 0.29) is 0 Å². The molecule has 0 bridgehead atoms. The highest BCUT2D eigenvalue weighted by Crippen LogP contribution is 2.19. The first-order valence-corrected chi connectivity index (χ1v) is 7.66. The average Bonchev–Trinajstić information content (AvgIpc) is 2.38. The van der Waals surface area contributed by atoms with E-state index in [1.165, 1.54) is 4.90 Å². The van der Waals surface area contributed by atoms with Gasteiger partial charge in [0.05, 0.1) is 0 Å². The van der Waals surface area contributed by atoms with Gasteiger partial charge in [-0.1, -0.05) is 23.7 Å². The summed E-state index contributed by atoms with van der Waals surface area (Å²) in [5.74, 6) is 0. The molecule has 0 amide bonds. The predicted octanol–water partition coefficient (Wildman–Crippen LogP) is 4.87. The molecule has 0 heterocycles. The van der Waals surface area contributed by atoms with E-state index in [1.54, 1.807) is 11.8 Å². The molecule has 2 aromatic rings. The maximum atomic E-state index is 5.92. The number of anilines is 2. The summed E-state index contributed by atoms with van der Waals surface area (Å²) >= 11 is 12.9. The SMILES string of the molecule is CSc1cccc(NC(=S)Nc2cccc(Cl)c2)c1. The Morgan fingerprint density at radius 1 is 1.05 bits per heavy atom. The Labute approximate surface area is 127 Å². The summed E-state index contributed by atoms with van der Waals surface area (Å²) in [5, 5.41) is 7.47. The van der Waals surface area contributed by atoms with Gasteiger partial charge in [0.25, 0.3) is 0 Å². The molecule has 0 aliphatic carbocycles. The van der Waals surface area contributed by atoms with Crippen LogP contribution in [0.3, 0.4) is 0 Å². The largest absolute Gasteiger partial charge is 0.332 e. The zero-order chi connectivity index (χ0) is 13.7. The summed E-state index contributed by atoms with van der Waals surface area (Å²) in [4.78, 5) is 1.19. The minimum absolute atomic E-state index is 0.542. The third kappa shape index (κ3) is 4.42. The molecule has 0 aliphatic rings. The van der Waals surface area contributed by atoms with Crippen LogP contribution < -0.4 is 10.6 Å². The fourth-order valence-corrected chi connectivity index (χ4v) is 2.45. The molecule has 0 aromatic heterocycles. The van der Waals surface area contributed by atoms with Crippen molar-refractivity contribution in [2.45, 2.75) is 4.90 Å². The van der Waals surface area contributed by atoms with Crippen LogP contribution in [-0.4, -0.2) is 11.4 Å². The molecule has 0 spiro atoms. The maximum Gasteiger partial charge on any atom is 0.175 e. The Morgan fingerprint density at radius 3 is 2.32 bits per heavy atom. The highest BCUT2D eigenvalue weighted by molar-refractivity contribution is 7.98. The van der Waals surface area contributed by atoms with Gasteiger partial charge < -0.3 is 10.6 Å². The Bertz CT molecular complexity index is 587. The average molecular weight is 309 g/mol. The summed E-state index contributed by atoms with van der Waals surface area (Å²) in [6, 6.07) is 15.5. The number of thiocarbonyl (C=S) groups is 1. The van der Waals surface area contributed by atoms with E-state index in [9.17, 15) is 0 Å². The van der Waals surface area contributed by atoms with Crippen LogP contribution in [0.4, 0.5) is 11.4 Å². The number of rotatable bonds is 3. The van der Waals surface area contributed by atoms with E-state index < -0.39 is 0 Å². The fraction of sp³-hybridized carbons (Fsp3) is 0.0714. The molecule has 98 valence electrons. The van der Waals surface area contributed by atoms with Gasteiger partial charge in [0.15, 0.2) is 5.11 Å². The molecule has 19 heavy (non-hydrogen) atoms. The third-order valence-corrected chi connectivity index (χ3v) is 3.57. The maximum absolute atomic E-state index is 5.92. The number of nitrogens with one attached hydrogen (secondary N) is 2. The molecule has 2 aromatic carbocycles. The summed E-state index contributed by atoms with van der Waals surface area (Å²) in [6.45, 7) is 0. The van der Waals surface area contributed by atoms with Crippen molar-refractivity contribution in [2.75, 3.05) is 16.9 Å². The standard InChI is InChI=1S/C14H13ClN2S2/c1-19-13-7-3-6-12(9-13)17-14(18)16-11-5-2-4-10(15)8-11/h2-9H,1H3,(H2,16,17,18). The lowest BCUT2D eigenvalue weighted by atomic mass is 10.3. The van der Waals surface area contributed by atoms with Crippen molar-refractivity contribution in [2.24, 2.45) is 0 Å². The molecule has 0 radical (unpaired) electrons. The van der Waals surface area contributed by atoms with Gasteiger partial charge in [-0.15, -0.1) is 11.8 Å². The fourth-order valence-electron chi connectivity index (χ4n) is 1.56. The van der Waals surface area contributed by atoms with E-state index in [0.717, 1.165) is 11.4 Å². The van der Waals surface area contributed by atoms with Crippen molar-refractivity contribution in [3.8, 4) is 0 Å². The van der Waals surface area contributed by atoms with Crippen LogP contribution in [0.15, 0.2) is 53.4 Å². The van der Waals surface area contributed by atoms with E-state index in [2.05, 4.69) is 22.8 Å². The lowest BCUT2D eigenvalue weighted by Crippen LogP contribution is -2.18. The van der Waals surface area contributed by atoms with Crippen LogP contribution in [0.2, 0.25) is 5.02 Å². The lowest BCUT2D eigenvalue weighted by molar-refractivity contribution is 1.46. The number of halogens is 1. The van der Waals surface area contributed by atoms with Gasteiger partial charge in [0.2, 0.25) is 0 Å². The number of benzene rings is 2. The molecule has 5 heteroatoms. The van der Waals surface area contributed by atoms with Crippen molar-refractivity contribution < 1.29 is 0 Å². The topological polar surface area (TPSA) is 24.1 Å². The number of thioether (sulfide) groups is 1. The minimum atomic E-state index is 0.542. The van der Waals surface area contributed by atoms with Gasteiger partial charge in [-0.2, -0.15) is 0 Å². The van der Waals surface area contributed by atoms with Crippen LogP contribution in [-0.2, 0) is 0 Å².